The summed E-state index contributed by atoms with van der Waals surface area (Å²) in [6.45, 7) is 6.72. The molecule has 0 fully saturated rings. The number of carboxylic acid groups (broad SMARTS) is 1. The molecule has 0 unspecified atom stereocenters. The second-order valence-electron chi connectivity index (χ2n) is 9.07. The fraction of sp³-hybridized carbons (Fsp3) is 0.250. The van der Waals surface area contributed by atoms with Gasteiger partial charge in [0.2, 0.25) is 0 Å². The highest BCUT2D eigenvalue weighted by atomic mass is 16.4. The molecule has 3 aromatic carbocycles. The van der Waals surface area contributed by atoms with Crippen LogP contribution in [0.25, 0.3) is 27.2 Å². The minimum absolute atomic E-state index is 0.136. The number of hydrogen-bond donors (Lipinski definition) is 2. The second-order valence-corrected chi connectivity index (χ2v) is 9.07. The highest BCUT2D eigenvalue weighted by Crippen LogP contribution is 2.36. The Morgan fingerprint density at radius 2 is 1.85 bits per heavy atom. The Morgan fingerprint density at radius 1 is 1.06 bits per heavy atom. The molecule has 5 heteroatoms. The lowest BCUT2D eigenvalue weighted by molar-refractivity contribution is 0.0699. The molecule has 5 rings (SSSR count). The normalized spacial score (nSPS) is 14.8. The minimum atomic E-state index is -0.992. The number of hydrogen-bond acceptors (Lipinski definition) is 3. The maximum Gasteiger partial charge on any atom is 0.337 e. The van der Waals surface area contributed by atoms with E-state index in [4.69, 9.17) is 0 Å². The zero-order chi connectivity index (χ0) is 23.1. The van der Waals surface area contributed by atoms with Crippen molar-refractivity contribution in [2.45, 2.75) is 32.9 Å². The molecule has 1 aliphatic heterocycles. The van der Waals surface area contributed by atoms with Crippen LogP contribution in [0.2, 0.25) is 0 Å². The van der Waals surface area contributed by atoms with E-state index in [0.29, 0.717) is 18.0 Å². The van der Waals surface area contributed by atoms with Gasteiger partial charge in [0.05, 0.1) is 11.1 Å². The predicted molar refractivity (Wildman–Crippen MR) is 133 cm³/mol. The maximum absolute atomic E-state index is 12.0. The number of rotatable bonds is 5. The first-order valence-electron chi connectivity index (χ1n) is 11.4. The molecule has 2 N–H and O–H groups in total. The molecule has 0 saturated heterocycles. The summed E-state index contributed by atoms with van der Waals surface area (Å²) in [6.07, 6.45) is 4.72. The third-order valence-electron chi connectivity index (χ3n) is 6.77. The van der Waals surface area contributed by atoms with Gasteiger partial charge in [-0.3, -0.25) is 4.90 Å². The molecule has 0 spiro atoms. The van der Waals surface area contributed by atoms with Gasteiger partial charge in [-0.2, -0.15) is 0 Å². The number of fused-ring (bicyclic) bond motifs is 2. The van der Waals surface area contributed by atoms with Gasteiger partial charge in [0.15, 0.2) is 0 Å². The Labute approximate surface area is 193 Å². The highest BCUT2D eigenvalue weighted by Gasteiger charge is 2.21. The lowest BCUT2D eigenvalue weighted by atomic mass is 9.96. The van der Waals surface area contributed by atoms with Crippen LogP contribution in [-0.2, 0) is 6.54 Å². The molecule has 0 aliphatic carbocycles. The number of carboxylic acids is 1. The molecule has 0 amide bonds. The van der Waals surface area contributed by atoms with Gasteiger partial charge in [-0.05, 0) is 54.3 Å². The summed E-state index contributed by atoms with van der Waals surface area (Å²) in [5.41, 5.74) is 4.05. The summed E-state index contributed by atoms with van der Waals surface area (Å²) < 4.78 is 1.99. The molecule has 0 atom stereocenters. The van der Waals surface area contributed by atoms with Crippen molar-refractivity contribution in [1.29, 1.82) is 0 Å². The van der Waals surface area contributed by atoms with Crippen molar-refractivity contribution in [2.24, 2.45) is 0 Å². The quantitative estimate of drug-likeness (QED) is 0.415. The van der Waals surface area contributed by atoms with E-state index in [2.05, 4.69) is 49.1 Å². The molecular weight excluding hydrogens is 412 g/mol. The standard InChI is InChI=1S/C28H28N2O3/c1-18(2)29-12-10-20(11-13-29)23-14-26-24(15-27(23)31)25(28(32)33)17-30(26)16-21-8-5-7-19-6-3-4-9-22(19)21/h3-10,14-15,17-18,31H,11-13,16H2,1-2H3,(H,32,33). The number of carbonyl (C=O) groups is 1. The van der Waals surface area contributed by atoms with Crippen LogP contribution in [0.15, 0.2) is 66.9 Å². The molecule has 5 nitrogen and oxygen atoms in total. The van der Waals surface area contributed by atoms with Crippen molar-refractivity contribution < 1.29 is 15.0 Å². The van der Waals surface area contributed by atoms with E-state index in [9.17, 15) is 15.0 Å². The molecule has 168 valence electrons. The van der Waals surface area contributed by atoms with Crippen molar-refractivity contribution in [3.8, 4) is 5.75 Å². The van der Waals surface area contributed by atoms with Crippen LogP contribution in [0, 0.1) is 0 Å². The van der Waals surface area contributed by atoms with Crippen molar-refractivity contribution >= 4 is 33.2 Å². The summed E-state index contributed by atoms with van der Waals surface area (Å²) in [5.74, 6) is -0.856. The summed E-state index contributed by atoms with van der Waals surface area (Å²) in [4.78, 5) is 14.4. The van der Waals surface area contributed by atoms with Crippen molar-refractivity contribution in [2.75, 3.05) is 13.1 Å². The van der Waals surface area contributed by atoms with E-state index < -0.39 is 5.97 Å². The van der Waals surface area contributed by atoms with Crippen LogP contribution in [0.1, 0.15) is 41.8 Å². The molecule has 0 bridgehead atoms. The molecule has 0 radical (unpaired) electrons. The first kappa shape index (κ1) is 21.3. The minimum Gasteiger partial charge on any atom is -0.507 e. The van der Waals surface area contributed by atoms with E-state index in [-0.39, 0.29) is 11.3 Å². The lowest BCUT2D eigenvalue weighted by Gasteiger charge is -2.30. The number of aromatic hydroxyl groups is 1. The molecule has 0 saturated carbocycles. The number of phenolic OH excluding ortho intramolecular Hbond substituents is 1. The Balaban J connectivity index is 1.62. The molecule has 4 aromatic rings. The van der Waals surface area contributed by atoms with Gasteiger partial charge in [-0.25, -0.2) is 4.79 Å². The first-order chi connectivity index (χ1) is 15.9. The zero-order valence-corrected chi connectivity index (χ0v) is 19.0. The van der Waals surface area contributed by atoms with Gasteiger partial charge in [-0.15, -0.1) is 0 Å². The topological polar surface area (TPSA) is 65.7 Å². The second kappa shape index (κ2) is 8.41. The van der Waals surface area contributed by atoms with Crippen molar-refractivity contribution in [3.63, 3.8) is 0 Å². The largest absolute Gasteiger partial charge is 0.507 e. The summed E-state index contributed by atoms with van der Waals surface area (Å²) in [7, 11) is 0. The number of nitrogens with zero attached hydrogens (tertiary/aromatic N) is 2. The monoisotopic (exact) mass is 440 g/mol. The fourth-order valence-electron chi connectivity index (χ4n) is 4.90. The molecule has 33 heavy (non-hydrogen) atoms. The van der Waals surface area contributed by atoms with Gasteiger partial charge in [-0.1, -0.05) is 48.5 Å². The summed E-state index contributed by atoms with van der Waals surface area (Å²) in [5, 5.41) is 23.5. The van der Waals surface area contributed by atoms with Gasteiger partial charge in [0.25, 0.3) is 0 Å². The van der Waals surface area contributed by atoms with Crippen LogP contribution < -0.4 is 0 Å². The number of aromatic carboxylic acids is 1. The average Bonchev–Trinajstić information content (AvgIpc) is 3.16. The lowest BCUT2D eigenvalue weighted by Crippen LogP contribution is -2.34. The van der Waals surface area contributed by atoms with Crippen LogP contribution >= 0.6 is 0 Å². The van der Waals surface area contributed by atoms with Crippen LogP contribution in [0.4, 0.5) is 0 Å². The van der Waals surface area contributed by atoms with E-state index in [1.807, 2.05) is 28.8 Å². The Kier molecular flexibility index (Phi) is 5.43. The summed E-state index contributed by atoms with van der Waals surface area (Å²) >= 11 is 0. The first-order valence-corrected chi connectivity index (χ1v) is 11.4. The Hall–Kier alpha value is -3.57. The molecule has 2 heterocycles. The smallest absolute Gasteiger partial charge is 0.337 e. The Morgan fingerprint density at radius 3 is 2.58 bits per heavy atom. The molecular formula is C28H28N2O3. The zero-order valence-electron chi connectivity index (χ0n) is 19.0. The molecule has 1 aliphatic rings. The maximum atomic E-state index is 12.0. The van der Waals surface area contributed by atoms with Gasteiger partial charge < -0.3 is 14.8 Å². The predicted octanol–water partition coefficient (Wildman–Crippen LogP) is 5.74. The van der Waals surface area contributed by atoms with E-state index >= 15 is 0 Å². The SMILES string of the molecule is CC(C)N1CC=C(c2cc3c(cc2O)c(C(=O)O)cn3Cc2cccc3ccccc23)CC1. The third kappa shape index (κ3) is 3.89. The van der Waals surface area contributed by atoms with Crippen molar-refractivity contribution in [3.05, 3.63) is 83.6 Å². The highest BCUT2D eigenvalue weighted by molar-refractivity contribution is 6.05. The third-order valence-corrected chi connectivity index (χ3v) is 6.77. The van der Waals surface area contributed by atoms with Gasteiger partial charge in [0, 0.05) is 42.8 Å². The van der Waals surface area contributed by atoms with Crippen LogP contribution in [0.5, 0.6) is 5.75 Å². The van der Waals surface area contributed by atoms with Crippen molar-refractivity contribution in [1.82, 2.24) is 9.47 Å². The van der Waals surface area contributed by atoms with Crippen LogP contribution in [-0.4, -0.2) is 44.8 Å². The number of aromatic nitrogens is 1. The van der Waals surface area contributed by atoms with E-state index in [1.165, 1.54) is 0 Å². The van der Waals surface area contributed by atoms with Gasteiger partial charge in [0.1, 0.15) is 5.75 Å². The molecule has 1 aromatic heterocycles. The Bertz CT molecular complexity index is 1390. The average molecular weight is 441 g/mol. The van der Waals surface area contributed by atoms with E-state index in [1.54, 1.807) is 12.3 Å². The fourth-order valence-corrected chi connectivity index (χ4v) is 4.90. The number of phenols is 1. The van der Waals surface area contributed by atoms with E-state index in [0.717, 1.165) is 52.5 Å². The number of benzene rings is 3. The van der Waals surface area contributed by atoms with Gasteiger partial charge >= 0.3 is 5.97 Å². The van der Waals surface area contributed by atoms with Crippen LogP contribution in [0.3, 0.4) is 0 Å². The summed E-state index contributed by atoms with van der Waals surface area (Å²) in [6, 6.07) is 18.5.